The van der Waals surface area contributed by atoms with Gasteiger partial charge in [-0.2, -0.15) is 0 Å². The molecule has 22 heavy (non-hydrogen) atoms. The number of aromatic nitrogens is 4. The molecule has 0 aliphatic carbocycles. The Hall–Kier alpha value is -2.28. The third-order valence-electron chi connectivity index (χ3n) is 3.78. The van der Waals surface area contributed by atoms with Gasteiger partial charge in [0.1, 0.15) is 6.54 Å². The SMILES string of the molecule is O=C(Cn1ccnn1)N[C@@H]1CCCN(Cc2cccnc2)C1. The van der Waals surface area contributed by atoms with Crippen LogP contribution in [0.1, 0.15) is 18.4 Å². The van der Waals surface area contributed by atoms with Crippen molar-refractivity contribution in [1.82, 2.24) is 30.2 Å². The summed E-state index contributed by atoms with van der Waals surface area (Å²) < 4.78 is 1.53. The summed E-state index contributed by atoms with van der Waals surface area (Å²) in [5.74, 6) is -0.0151. The number of amides is 1. The zero-order valence-electron chi connectivity index (χ0n) is 12.4. The first-order valence-electron chi connectivity index (χ1n) is 7.54. The van der Waals surface area contributed by atoms with E-state index in [-0.39, 0.29) is 18.5 Å². The van der Waals surface area contributed by atoms with Crippen LogP contribution in [0.15, 0.2) is 36.9 Å². The van der Waals surface area contributed by atoms with Gasteiger partial charge in [0.25, 0.3) is 0 Å². The highest BCUT2D eigenvalue weighted by Crippen LogP contribution is 2.13. The first-order valence-corrected chi connectivity index (χ1v) is 7.54. The molecule has 3 heterocycles. The predicted octanol–water partition coefficient (Wildman–Crippen LogP) is 0.454. The van der Waals surface area contributed by atoms with Gasteiger partial charge in [-0.25, -0.2) is 4.68 Å². The van der Waals surface area contributed by atoms with Gasteiger partial charge in [-0.15, -0.1) is 5.10 Å². The van der Waals surface area contributed by atoms with Crippen LogP contribution in [0.4, 0.5) is 0 Å². The van der Waals surface area contributed by atoms with E-state index in [0.717, 1.165) is 32.5 Å². The van der Waals surface area contributed by atoms with E-state index in [1.165, 1.54) is 10.2 Å². The lowest BCUT2D eigenvalue weighted by atomic mass is 10.0. The van der Waals surface area contributed by atoms with E-state index in [0.29, 0.717) is 0 Å². The van der Waals surface area contributed by atoms with Gasteiger partial charge in [-0.1, -0.05) is 11.3 Å². The van der Waals surface area contributed by atoms with Crippen LogP contribution in [-0.2, 0) is 17.9 Å². The Morgan fingerprint density at radius 1 is 1.41 bits per heavy atom. The minimum Gasteiger partial charge on any atom is -0.350 e. The third-order valence-corrected chi connectivity index (χ3v) is 3.78. The van der Waals surface area contributed by atoms with E-state index < -0.39 is 0 Å². The molecule has 0 unspecified atom stereocenters. The molecular weight excluding hydrogens is 280 g/mol. The molecular formula is C15H20N6O. The summed E-state index contributed by atoms with van der Waals surface area (Å²) in [6.07, 6.45) is 9.06. The van der Waals surface area contributed by atoms with Crippen LogP contribution in [0.5, 0.6) is 0 Å². The fourth-order valence-corrected chi connectivity index (χ4v) is 2.80. The van der Waals surface area contributed by atoms with E-state index >= 15 is 0 Å². The minimum atomic E-state index is -0.0151. The van der Waals surface area contributed by atoms with Crippen molar-refractivity contribution in [3.8, 4) is 0 Å². The molecule has 0 spiro atoms. The smallest absolute Gasteiger partial charge is 0.242 e. The number of pyridine rings is 1. The number of hydrogen-bond acceptors (Lipinski definition) is 5. The van der Waals surface area contributed by atoms with Gasteiger partial charge in [-0.3, -0.25) is 14.7 Å². The van der Waals surface area contributed by atoms with Crippen LogP contribution in [0.3, 0.4) is 0 Å². The number of nitrogens with one attached hydrogen (secondary N) is 1. The van der Waals surface area contributed by atoms with Crippen LogP contribution in [0, 0.1) is 0 Å². The predicted molar refractivity (Wildman–Crippen MR) is 80.7 cm³/mol. The highest BCUT2D eigenvalue weighted by molar-refractivity contribution is 5.75. The van der Waals surface area contributed by atoms with Crippen LogP contribution in [0.2, 0.25) is 0 Å². The molecule has 7 heteroatoms. The average Bonchev–Trinajstić information content (AvgIpc) is 3.01. The molecule has 116 valence electrons. The van der Waals surface area contributed by atoms with Crippen molar-refractivity contribution < 1.29 is 4.79 Å². The van der Waals surface area contributed by atoms with Crippen molar-refractivity contribution >= 4 is 5.91 Å². The fraction of sp³-hybridized carbons (Fsp3) is 0.467. The number of likely N-dealkylation sites (tertiary alicyclic amines) is 1. The number of carbonyl (C=O) groups excluding carboxylic acids is 1. The third kappa shape index (κ3) is 4.11. The lowest BCUT2D eigenvalue weighted by molar-refractivity contribution is -0.123. The summed E-state index contributed by atoms with van der Waals surface area (Å²) in [5, 5.41) is 10.6. The van der Waals surface area contributed by atoms with Crippen molar-refractivity contribution in [2.45, 2.75) is 32.0 Å². The molecule has 1 aliphatic heterocycles. The average molecular weight is 300 g/mol. The van der Waals surface area contributed by atoms with Crippen molar-refractivity contribution in [3.05, 3.63) is 42.5 Å². The van der Waals surface area contributed by atoms with Gasteiger partial charge in [0.15, 0.2) is 0 Å². The van der Waals surface area contributed by atoms with E-state index in [1.807, 2.05) is 12.3 Å². The molecule has 1 atom stereocenters. The van der Waals surface area contributed by atoms with Crippen molar-refractivity contribution in [3.63, 3.8) is 0 Å². The molecule has 1 N–H and O–H groups in total. The Bertz CT molecular complexity index is 585. The van der Waals surface area contributed by atoms with Crippen LogP contribution in [0.25, 0.3) is 0 Å². The molecule has 0 bridgehead atoms. The highest BCUT2D eigenvalue weighted by Gasteiger charge is 2.21. The number of nitrogens with zero attached hydrogens (tertiary/aromatic N) is 5. The topological polar surface area (TPSA) is 75.9 Å². The zero-order valence-corrected chi connectivity index (χ0v) is 12.4. The monoisotopic (exact) mass is 300 g/mol. The minimum absolute atomic E-state index is 0.0151. The molecule has 3 rings (SSSR count). The van der Waals surface area contributed by atoms with Crippen molar-refractivity contribution in [2.24, 2.45) is 0 Å². The lowest BCUT2D eigenvalue weighted by Gasteiger charge is -2.33. The summed E-state index contributed by atoms with van der Waals surface area (Å²) >= 11 is 0. The Labute approximate surface area is 129 Å². The molecule has 2 aromatic rings. The van der Waals surface area contributed by atoms with Gasteiger partial charge < -0.3 is 5.32 Å². The van der Waals surface area contributed by atoms with Crippen LogP contribution in [-0.4, -0.2) is 49.9 Å². The van der Waals surface area contributed by atoms with E-state index in [4.69, 9.17) is 0 Å². The summed E-state index contributed by atoms with van der Waals surface area (Å²) in [6.45, 7) is 3.03. The molecule has 2 aromatic heterocycles. The maximum Gasteiger partial charge on any atom is 0.242 e. The lowest BCUT2D eigenvalue weighted by Crippen LogP contribution is -2.48. The fourth-order valence-electron chi connectivity index (χ4n) is 2.80. The molecule has 0 saturated carbocycles. The Morgan fingerprint density at radius 3 is 3.14 bits per heavy atom. The Balaban J connectivity index is 1.49. The molecule has 0 aromatic carbocycles. The second-order valence-corrected chi connectivity index (χ2v) is 5.60. The van der Waals surface area contributed by atoms with Gasteiger partial charge in [0.05, 0.1) is 6.20 Å². The summed E-state index contributed by atoms with van der Waals surface area (Å²) in [4.78, 5) is 18.5. The summed E-state index contributed by atoms with van der Waals surface area (Å²) in [6, 6.07) is 4.23. The van der Waals surface area contributed by atoms with Crippen molar-refractivity contribution in [1.29, 1.82) is 0 Å². The van der Waals surface area contributed by atoms with E-state index in [2.05, 4.69) is 31.6 Å². The van der Waals surface area contributed by atoms with Crippen molar-refractivity contribution in [2.75, 3.05) is 13.1 Å². The number of piperidine rings is 1. The molecule has 1 aliphatic rings. The van der Waals surface area contributed by atoms with Gasteiger partial charge in [0.2, 0.25) is 5.91 Å². The largest absolute Gasteiger partial charge is 0.350 e. The van der Waals surface area contributed by atoms with Crippen LogP contribution >= 0.6 is 0 Å². The van der Waals surface area contributed by atoms with Gasteiger partial charge in [0, 0.05) is 37.7 Å². The molecule has 7 nitrogen and oxygen atoms in total. The number of hydrogen-bond donors (Lipinski definition) is 1. The van der Waals surface area contributed by atoms with E-state index in [9.17, 15) is 4.79 Å². The van der Waals surface area contributed by atoms with E-state index in [1.54, 1.807) is 18.6 Å². The van der Waals surface area contributed by atoms with Crippen LogP contribution < -0.4 is 5.32 Å². The maximum absolute atomic E-state index is 12.0. The second kappa shape index (κ2) is 7.13. The molecule has 0 radical (unpaired) electrons. The number of rotatable bonds is 5. The first-order chi connectivity index (χ1) is 10.8. The second-order valence-electron chi connectivity index (χ2n) is 5.60. The Morgan fingerprint density at radius 2 is 2.36 bits per heavy atom. The highest BCUT2D eigenvalue weighted by atomic mass is 16.2. The molecule has 1 amide bonds. The number of carbonyl (C=O) groups is 1. The normalized spacial score (nSPS) is 19.0. The molecule has 1 fully saturated rings. The first kappa shape index (κ1) is 14.6. The zero-order chi connectivity index (χ0) is 15.2. The quantitative estimate of drug-likeness (QED) is 0.868. The standard InChI is InChI=1S/C15H20N6O/c22-15(12-21-8-6-17-19-21)18-14-4-2-7-20(11-14)10-13-3-1-5-16-9-13/h1,3,5-6,8-9,14H,2,4,7,10-12H2,(H,18,22)/t14-/m1/s1. The van der Waals surface area contributed by atoms with Gasteiger partial charge in [-0.05, 0) is 31.0 Å². The Kier molecular flexibility index (Phi) is 4.75. The summed E-state index contributed by atoms with van der Waals surface area (Å²) in [5.41, 5.74) is 1.21. The summed E-state index contributed by atoms with van der Waals surface area (Å²) in [7, 11) is 0. The maximum atomic E-state index is 12.0. The molecule has 1 saturated heterocycles. The van der Waals surface area contributed by atoms with Gasteiger partial charge >= 0.3 is 0 Å².